The Morgan fingerprint density at radius 2 is 1.87 bits per heavy atom. The number of nitrogens with zero attached hydrogens (tertiary/aromatic N) is 1. The Labute approximate surface area is 177 Å². The quantitative estimate of drug-likeness (QED) is 0.546. The summed E-state index contributed by atoms with van der Waals surface area (Å²) in [5.41, 5.74) is 0.654. The maximum absolute atomic E-state index is 12.6. The highest BCUT2D eigenvalue weighted by Gasteiger charge is 2.36. The first-order valence-electron chi connectivity index (χ1n) is 10.8. The summed E-state index contributed by atoms with van der Waals surface area (Å²) in [7, 11) is 0. The minimum absolute atomic E-state index is 0.102. The number of hydrogen-bond donors (Lipinski definition) is 1. The van der Waals surface area contributed by atoms with Crippen molar-refractivity contribution in [3.05, 3.63) is 34.9 Å². The van der Waals surface area contributed by atoms with Crippen LogP contribution in [0.5, 0.6) is 0 Å². The Morgan fingerprint density at radius 3 is 2.57 bits per heavy atom. The molecule has 0 aromatic heterocycles. The highest BCUT2D eigenvalue weighted by molar-refractivity contribution is 6.22. The molecule has 1 fully saturated rings. The molecule has 3 rings (SSSR count). The summed E-state index contributed by atoms with van der Waals surface area (Å²) in [6, 6.07) is 4.43. The summed E-state index contributed by atoms with van der Waals surface area (Å²) in [4.78, 5) is 51.2. The molecule has 3 atom stereocenters. The van der Waals surface area contributed by atoms with Crippen LogP contribution in [0.25, 0.3) is 0 Å². The van der Waals surface area contributed by atoms with Gasteiger partial charge in [0.05, 0.1) is 16.7 Å². The van der Waals surface area contributed by atoms with Gasteiger partial charge >= 0.3 is 5.97 Å². The zero-order valence-electron chi connectivity index (χ0n) is 17.9. The lowest BCUT2D eigenvalue weighted by molar-refractivity contribution is -0.130. The van der Waals surface area contributed by atoms with E-state index in [0.29, 0.717) is 18.0 Å². The first kappa shape index (κ1) is 22.0. The van der Waals surface area contributed by atoms with Crippen LogP contribution in [0.1, 0.15) is 90.4 Å². The number of benzene rings is 1. The second-order valence-electron chi connectivity index (χ2n) is 8.30. The van der Waals surface area contributed by atoms with E-state index in [1.165, 1.54) is 36.4 Å². The largest absolute Gasteiger partial charge is 0.449 e. The number of unbranched alkanes of at least 4 members (excludes halogenated alkanes) is 1. The number of carbonyl (C=O) groups excluding carboxylic acids is 4. The molecule has 1 saturated carbocycles. The molecule has 0 spiro atoms. The van der Waals surface area contributed by atoms with Crippen LogP contribution < -0.4 is 5.32 Å². The van der Waals surface area contributed by atoms with Crippen LogP contribution in [-0.2, 0) is 9.53 Å². The Kier molecular flexibility index (Phi) is 6.90. The van der Waals surface area contributed by atoms with Crippen LogP contribution >= 0.6 is 0 Å². The monoisotopic (exact) mass is 414 g/mol. The topological polar surface area (TPSA) is 92.8 Å². The van der Waals surface area contributed by atoms with Crippen LogP contribution in [0.3, 0.4) is 0 Å². The Hall–Kier alpha value is -2.70. The number of amides is 3. The van der Waals surface area contributed by atoms with E-state index in [2.05, 4.69) is 12.2 Å². The van der Waals surface area contributed by atoms with Gasteiger partial charge < -0.3 is 10.1 Å². The van der Waals surface area contributed by atoms with Crippen molar-refractivity contribution in [1.82, 2.24) is 10.2 Å². The molecule has 1 aliphatic heterocycles. The van der Waals surface area contributed by atoms with E-state index in [9.17, 15) is 19.2 Å². The fourth-order valence-corrected chi connectivity index (χ4v) is 4.05. The Morgan fingerprint density at radius 1 is 1.17 bits per heavy atom. The average Bonchev–Trinajstić information content (AvgIpc) is 2.97. The van der Waals surface area contributed by atoms with Gasteiger partial charge in [-0.15, -0.1) is 0 Å². The molecule has 30 heavy (non-hydrogen) atoms. The van der Waals surface area contributed by atoms with Gasteiger partial charge in [0.1, 0.15) is 0 Å². The fourth-order valence-electron chi connectivity index (χ4n) is 4.05. The molecular formula is C23H30N2O5. The van der Waals surface area contributed by atoms with Crippen molar-refractivity contribution in [2.24, 2.45) is 5.92 Å². The third-order valence-corrected chi connectivity index (χ3v) is 6.03. The lowest BCUT2D eigenvalue weighted by Crippen LogP contribution is -2.46. The summed E-state index contributed by atoms with van der Waals surface area (Å²) >= 11 is 0. The molecule has 3 amide bonds. The van der Waals surface area contributed by atoms with Crippen molar-refractivity contribution in [3.63, 3.8) is 0 Å². The number of hydrogen-bond acceptors (Lipinski definition) is 5. The number of rotatable bonds is 7. The van der Waals surface area contributed by atoms with Crippen molar-refractivity contribution < 1.29 is 23.9 Å². The van der Waals surface area contributed by atoms with Gasteiger partial charge in [-0.3, -0.25) is 19.3 Å². The molecule has 2 aliphatic rings. The molecule has 7 heteroatoms. The number of carbonyl (C=O) groups is 4. The van der Waals surface area contributed by atoms with Crippen molar-refractivity contribution in [2.45, 2.75) is 71.4 Å². The SMILES string of the molecule is CCCCN1C(=O)c2ccc(C(=O)O[C@H](C)C(=O)N[C@H]3CCCC[C@@H]3C)cc2C1=O. The maximum Gasteiger partial charge on any atom is 0.338 e. The third-order valence-electron chi connectivity index (χ3n) is 6.03. The molecular weight excluding hydrogens is 384 g/mol. The average molecular weight is 415 g/mol. The minimum Gasteiger partial charge on any atom is -0.449 e. The van der Waals surface area contributed by atoms with E-state index in [4.69, 9.17) is 4.74 Å². The first-order chi connectivity index (χ1) is 14.3. The number of ether oxygens (including phenoxy) is 1. The molecule has 1 aromatic rings. The van der Waals surface area contributed by atoms with Gasteiger partial charge in [-0.05, 0) is 50.3 Å². The van der Waals surface area contributed by atoms with Crippen LogP contribution in [0.15, 0.2) is 18.2 Å². The minimum atomic E-state index is -0.946. The maximum atomic E-state index is 12.6. The number of nitrogens with one attached hydrogen (secondary N) is 1. The number of fused-ring (bicyclic) bond motifs is 1. The van der Waals surface area contributed by atoms with Gasteiger partial charge in [-0.25, -0.2) is 4.79 Å². The predicted molar refractivity (Wildman–Crippen MR) is 111 cm³/mol. The van der Waals surface area contributed by atoms with Gasteiger partial charge in [0.2, 0.25) is 0 Å². The molecule has 0 radical (unpaired) electrons. The van der Waals surface area contributed by atoms with Gasteiger partial charge in [0.25, 0.3) is 17.7 Å². The second-order valence-corrected chi connectivity index (χ2v) is 8.30. The lowest BCUT2D eigenvalue weighted by Gasteiger charge is -2.30. The number of imide groups is 1. The van der Waals surface area contributed by atoms with Crippen molar-refractivity contribution >= 4 is 23.7 Å². The standard InChI is InChI=1S/C23H30N2O5/c1-4-5-12-25-21(27)17-11-10-16(13-18(17)22(25)28)23(29)30-15(3)20(26)24-19-9-7-6-8-14(19)2/h10-11,13-15,19H,4-9,12H2,1-3H3,(H,24,26)/t14-,15+,19-/m0/s1. The molecule has 1 aliphatic carbocycles. The number of esters is 1. The van der Waals surface area contributed by atoms with Crippen molar-refractivity contribution in [3.8, 4) is 0 Å². The van der Waals surface area contributed by atoms with Crippen molar-refractivity contribution in [2.75, 3.05) is 6.54 Å². The molecule has 1 aromatic carbocycles. The molecule has 7 nitrogen and oxygen atoms in total. The summed E-state index contributed by atoms with van der Waals surface area (Å²) < 4.78 is 5.33. The van der Waals surface area contributed by atoms with Crippen LogP contribution in [-0.4, -0.2) is 47.3 Å². The highest BCUT2D eigenvalue weighted by atomic mass is 16.5. The van der Waals surface area contributed by atoms with Crippen LogP contribution in [0.4, 0.5) is 0 Å². The first-order valence-corrected chi connectivity index (χ1v) is 10.8. The predicted octanol–water partition coefficient (Wildman–Crippen LogP) is 3.32. The van der Waals surface area contributed by atoms with E-state index in [-0.39, 0.29) is 29.0 Å². The van der Waals surface area contributed by atoms with E-state index in [1.807, 2.05) is 6.92 Å². The smallest absolute Gasteiger partial charge is 0.338 e. The van der Waals surface area contributed by atoms with Crippen LogP contribution in [0, 0.1) is 5.92 Å². The molecule has 162 valence electrons. The van der Waals surface area contributed by atoms with Gasteiger partial charge in [0, 0.05) is 12.6 Å². The second kappa shape index (κ2) is 9.41. The van der Waals surface area contributed by atoms with Crippen LogP contribution in [0.2, 0.25) is 0 Å². The summed E-state index contributed by atoms with van der Waals surface area (Å²) in [6.07, 6.45) is 4.92. The third kappa shape index (κ3) is 4.55. The lowest BCUT2D eigenvalue weighted by atomic mass is 9.86. The summed E-state index contributed by atoms with van der Waals surface area (Å²) in [5, 5.41) is 2.98. The van der Waals surface area contributed by atoms with Gasteiger partial charge in [-0.1, -0.05) is 33.1 Å². The van der Waals surface area contributed by atoms with Crippen molar-refractivity contribution in [1.29, 1.82) is 0 Å². The summed E-state index contributed by atoms with van der Waals surface area (Å²) in [6.45, 7) is 6.00. The summed E-state index contributed by atoms with van der Waals surface area (Å²) in [5.74, 6) is -1.33. The highest BCUT2D eigenvalue weighted by Crippen LogP contribution is 2.26. The normalized spacial score (nSPS) is 21.9. The van der Waals surface area contributed by atoms with Gasteiger partial charge in [-0.2, -0.15) is 0 Å². The van der Waals surface area contributed by atoms with E-state index in [1.54, 1.807) is 0 Å². The Balaban J connectivity index is 1.64. The van der Waals surface area contributed by atoms with E-state index in [0.717, 1.165) is 32.1 Å². The molecule has 0 saturated heterocycles. The zero-order valence-corrected chi connectivity index (χ0v) is 17.9. The van der Waals surface area contributed by atoms with E-state index >= 15 is 0 Å². The van der Waals surface area contributed by atoms with E-state index < -0.39 is 18.0 Å². The molecule has 1 N–H and O–H groups in total. The molecule has 1 heterocycles. The Bertz CT molecular complexity index is 850. The van der Waals surface area contributed by atoms with Gasteiger partial charge in [0.15, 0.2) is 6.10 Å². The fraction of sp³-hybridized carbons (Fsp3) is 0.565. The zero-order chi connectivity index (χ0) is 21.8. The molecule has 0 unspecified atom stereocenters. The molecule has 0 bridgehead atoms.